The standard InChI is InChI=1S/C11H18N4OS/c1-2-17-8-4-3-7(5-8)14-11(16)10-9(12)6-13-15-10/h6-8H,2-5,12H2,1H3,(H,13,15)(H,14,16). The second-order valence-corrected chi connectivity index (χ2v) is 5.84. The number of hydrogen-bond acceptors (Lipinski definition) is 4. The Morgan fingerprint density at radius 3 is 3.18 bits per heavy atom. The molecule has 1 saturated carbocycles. The molecule has 1 amide bonds. The summed E-state index contributed by atoms with van der Waals surface area (Å²) in [6.07, 6.45) is 4.75. The predicted octanol–water partition coefficient (Wildman–Crippen LogP) is 1.40. The summed E-state index contributed by atoms with van der Waals surface area (Å²) in [5.74, 6) is 0.992. The monoisotopic (exact) mass is 254 g/mol. The molecule has 94 valence electrons. The third-order valence-corrected chi connectivity index (χ3v) is 4.25. The highest BCUT2D eigenvalue weighted by molar-refractivity contribution is 7.99. The summed E-state index contributed by atoms with van der Waals surface area (Å²) in [5.41, 5.74) is 6.41. The minimum atomic E-state index is -0.146. The van der Waals surface area contributed by atoms with Gasteiger partial charge in [-0.1, -0.05) is 6.92 Å². The molecule has 0 radical (unpaired) electrons. The van der Waals surface area contributed by atoms with Gasteiger partial charge in [0.2, 0.25) is 0 Å². The first-order chi connectivity index (χ1) is 8.20. The lowest BCUT2D eigenvalue weighted by Crippen LogP contribution is -2.33. The van der Waals surface area contributed by atoms with Crippen LogP contribution in [0.5, 0.6) is 0 Å². The molecule has 6 heteroatoms. The highest BCUT2D eigenvalue weighted by atomic mass is 32.2. The maximum atomic E-state index is 11.9. The van der Waals surface area contributed by atoms with E-state index in [-0.39, 0.29) is 11.9 Å². The number of nitrogens with one attached hydrogen (secondary N) is 2. The third kappa shape index (κ3) is 2.94. The van der Waals surface area contributed by atoms with Gasteiger partial charge in [-0.3, -0.25) is 9.89 Å². The molecule has 0 saturated heterocycles. The van der Waals surface area contributed by atoms with Crippen molar-refractivity contribution >= 4 is 23.4 Å². The molecule has 0 bridgehead atoms. The molecule has 1 fully saturated rings. The molecule has 0 aromatic carbocycles. The number of nitrogens with zero attached hydrogens (tertiary/aromatic N) is 1. The van der Waals surface area contributed by atoms with Crippen LogP contribution in [0.3, 0.4) is 0 Å². The number of nitrogens with two attached hydrogens (primary N) is 1. The van der Waals surface area contributed by atoms with E-state index in [9.17, 15) is 4.79 Å². The van der Waals surface area contributed by atoms with Gasteiger partial charge in [0, 0.05) is 11.3 Å². The largest absolute Gasteiger partial charge is 0.396 e. The zero-order chi connectivity index (χ0) is 12.3. The molecular formula is C11H18N4OS. The number of rotatable bonds is 4. The van der Waals surface area contributed by atoms with E-state index in [1.165, 1.54) is 12.6 Å². The molecule has 1 aliphatic carbocycles. The van der Waals surface area contributed by atoms with E-state index < -0.39 is 0 Å². The molecule has 5 nitrogen and oxygen atoms in total. The van der Waals surface area contributed by atoms with Gasteiger partial charge in [-0.25, -0.2) is 0 Å². The number of aromatic nitrogens is 2. The predicted molar refractivity (Wildman–Crippen MR) is 70.0 cm³/mol. The van der Waals surface area contributed by atoms with Crippen molar-refractivity contribution in [1.29, 1.82) is 0 Å². The number of hydrogen-bond donors (Lipinski definition) is 3. The van der Waals surface area contributed by atoms with Crippen LogP contribution in [-0.4, -0.2) is 33.1 Å². The molecule has 1 aliphatic rings. The zero-order valence-corrected chi connectivity index (χ0v) is 10.7. The summed E-state index contributed by atoms with van der Waals surface area (Å²) >= 11 is 1.97. The number of anilines is 1. The fourth-order valence-electron chi connectivity index (χ4n) is 2.19. The minimum Gasteiger partial charge on any atom is -0.396 e. The molecule has 4 N–H and O–H groups in total. The Balaban J connectivity index is 1.86. The highest BCUT2D eigenvalue weighted by Gasteiger charge is 2.26. The van der Waals surface area contributed by atoms with Crippen LogP contribution in [0.2, 0.25) is 0 Å². The Hall–Kier alpha value is -1.17. The van der Waals surface area contributed by atoms with Gasteiger partial charge in [-0.05, 0) is 25.0 Å². The van der Waals surface area contributed by atoms with Crippen molar-refractivity contribution in [3.05, 3.63) is 11.9 Å². The second-order valence-electron chi connectivity index (χ2n) is 4.26. The van der Waals surface area contributed by atoms with Gasteiger partial charge in [-0.2, -0.15) is 16.9 Å². The Labute approximate surface area is 105 Å². The van der Waals surface area contributed by atoms with Crippen molar-refractivity contribution in [3.8, 4) is 0 Å². The van der Waals surface area contributed by atoms with Crippen LogP contribution in [0.1, 0.15) is 36.7 Å². The molecule has 2 unspecified atom stereocenters. The molecule has 1 heterocycles. The first-order valence-corrected chi connectivity index (χ1v) is 6.97. The van der Waals surface area contributed by atoms with E-state index in [0.717, 1.165) is 18.6 Å². The molecule has 17 heavy (non-hydrogen) atoms. The average molecular weight is 254 g/mol. The molecular weight excluding hydrogens is 236 g/mol. The second kappa shape index (κ2) is 5.44. The minimum absolute atomic E-state index is 0.146. The molecule has 0 spiro atoms. The third-order valence-electron chi connectivity index (χ3n) is 3.02. The van der Waals surface area contributed by atoms with Gasteiger partial charge >= 0.3 is 0 Å². The molecule has 2 rings (SSSR count). The molecule has 1 aromatic heterocycles. The van der Waals surface area contributed by atoms with Crippen LogP contribution in [-0.2, 0) is 0 Å². The van der Waals surface area contributed by atoms with Crippen LogP contribution in [0.25, 0.3) is 0 Å². The molecule has 0 aliphatic heterocycles. The Morgan fingerprint density at radius 2 is 2.53 bits per heavy atom. The van der Waals surface area contributed by atoms with Crippen LogP contribution in [0.4, 0.5) is 5.69 Å². The molecule has 1 aromatic rings. The number of carbonyl (C=O) groups excluding carboxylic acids is 1. The van der Waals surface area contributed by atoms with E-state index >= 15 is 0 Å². The number of aromatic amines is 1. The number of thioether (sulfide) groups is 1. The van der Waals surface area contributed by atoms with Gasteiger partial charge in [0.05, 0.1) is 11.9 Å². The first-order valence-electron chi connectivity index (χ1n) is 5.92. The maximum absolute atomic E-state index is 11.9. The van der Waals surface area contributed by atoms with E-state index in [1.807, 2.05) is 11.8 Å². The number of amides is 1. The van der Waals surface area contributed by atoms with E-state index in [1.54, 1.807) is 0 Å². The lowest BCUT2D eigenvalue weighted by Gasteiger charge is -2.12. The van der Waals surface area contributed by atoms with Crippen LogP contribution >= 0.6 is 11.8 Å². The van der Waals surface area contributed by atoms with Crippen molar-refractivity contribution in [2.24, 2.45) is 0 Å². The van der Waals surface area contributed by atoms with Crippen molar-refractivity contribution < 1.29 is 4.79 Å². The Morgan fingerprint density at radius 1 is 1.71 bits per heavy atom. The van der Waals surface area contributed by atoms with Gasteiger partial charge in [0.15, 0.2) is 0 Å². The van der Waals surface area contributed by atoms with Crippen LogP contribution in [0.15, 0.2) is 6.20 Å². The smallest absolute Gasteiger partial charge is 0.271 e. The van der Waals surface area contributed by atoms with Gasteiger partial charge in [0.1, 0.15) is 5.69 Å². The van der Waals surface area contributed by atoms with Gasteiger partial charge < -0.3 is 11.1 Å². The Bertz CT molecular complexity index is 393. The Kier molecular flexibility index (Phi) is 3.93. The first kappa shape index (κ1) is 12.3. The number of nitrogen functional groups attached to an aromatic ring is 1. The van der Waals surface area contributed by atoms with Crippen molar-refractivity contribution in [3.63, 3.8) is 0 Å². The van der Waals surface area contributed by atoms with Crippen LogP contribution < -0.4 is 11.1 Å². The van der Waals surface area contributed by atoms with E-state index in [0.29, 0.717) is 16.6 Å². The van der Waals surface area contributed by atoms with Gasteiger partial charge in [-0.15, -0.1) is 0 Å². The molecule has 2 atom stereocenters. The van der Waals surface area contributed by atoms with E-state index in [2.05, 4.69) is 22.4 Å². The quantitative estimate of drug-likeness (QED) is 0.758. The fourth-order valence-corrected chi connectivity index (χ4v) is 3.34. The van der Waals surface area contributed by atoms with Crippen LogP contribution in [0, 0.1) is 0 Å². The van der Waals surface area contributed by atoms with Crippen molar-refractivity contribution in [2.75, 3.05) is 11.5 Å². The lowest BCUT2D eigenvalue weighted by atomic mass is 10.2. The summed E-state index contributed by atoms with van der Waals surface area (Å²) in [6.45, 7) is 2.17. The van der Waals surface area contributed by atoms with Crippen molar-refractivity contribution in [1.82, 2.24) is 15.5 Å². The average Bonchev–Trinajstić information content (AvgIpc) is 2.88. The number of H-pyrrole nitrogens is 1. The summed E-state index contributed by atoms with van der Waals surface area (Å²) in [7, 11) is 0. The fraction of sp³-hybridized carbons (Fsp3) is 0.636. The highest BCUT2D eigenvalue weighted by Crippen LogP contribution is 2.29. The van der Waals surface area contributed by atoms with E-state index in [4.69, 9.17) is 5.73 Å². The number of carbonyl (C=O) groups is 1. The summed E-state index contributed by atoms with van der Waals surface area (Å²) in [6, 6.07) is 0.272. The topological polar surface area (TPSA) is 83.8 Å². The zero-order valence-electron chi connectivity index (χ0n) is 9.90. The summed E-state index contributed by atoms with van der Waals surface area (Å²) in [5, 5.41) is 10.1. The van der Waals surface area contributed by atoms with Crippen molar-refractivity contribution in [2.45, 2.75) is 37.5 Å². The van der Waals surface area contributed by atoms with Gasteiger partial charge in [0.25, 0.3) is 5.91 Å². The normalized spacial score (nSPS) is 23.8. The lowest BCUT2D eigenvalue weighted by molar-refractivity contribution is 0.0934. The maximum Gasteiger partial charge on any atom is 0.271 e. The SMILES string of the molecule is CCSC1CCC(NC(=O)c2[nH]ncc2N)C1. The summed E-state index contributed by atoms with van der Waals surface area (Å²) < 4.78 is 0. The summed E-state index contributed by atoms with van der Waals surface area (Å²) in [4.78, 5) is 11.9.